The molecule has 0 aliphatic heterocycles. The van der Waals surface area contributed by atoms with Gasteiger partial charge in [0.25, 0.3) is 0 Å². The first-order chi connectivity index (χ1) is 7.47. The number of hydrogen-bond acceptors (Lipinski definition) is 3. The lowest BCUT2D eigenvalue weighted by atomic mass is 10.1. The lowest BCUT2D eigenvalue weighted by molar-refractivity contribution is 0.0781. The van der Waals surface area contributed by atoms with Crippen LogP contribution in [0.1, 0.15) is 43.7 Å². The maximum Gasteiger partial charge on any atom is 0.184 e. The van der Waals surface area contributed by atoms with Crippen LogP contribution in [0, 0.1) is 0 Å². The van der Waals surface area contributed by atoms with Crippen molar-refractivity contribution in [1.82, 2.24) is 9.78 Å². The standard InChI is InChI=1S/C11H17ClN2O2/c1-7(2)14-11(9(12)6-13-14)10(15)5-8(3)16-4/h6-8H,5H2,1-4H3. The van der Waals surface area contributed by atoms with E-state index >= 15 is 0 Å². The number of halogens is 1. The summed E-state index contributed by atoms with van der Waals surface area (Å²) < 4.78 is 6.71. The van der Waals surface area contributed by atoms with Crippen LogP contribution < -0.4 is 0 Å². The topological polar surface area (TPSA) is 44.1 Å². The van der Waals surface area contributed by atoms with Crippen molar-refractivity contribution in [2.24, 2.45) is 0 Å². The summed E-state index contributed by atoms with van der Waals surface area (Å²) in [4.78, 5) is 12.0. The third-order valence-corrected chi connectivity index (χ3v) is 2.66. The van der Waals surface area contributed by atoms with E-state index < -0.39 is 0 Å². The number of carbonyl (C=O) groups excluding carboxylic acids is 1. The van der Waals surface area contributed by atoms with Crippen LogP contribution in [0.25, 0.3) is 0 Å². The number of methoxy groups -OCH3 is 1. The molecule has 0 aromatic carbocycles. The molecule has 90 valence electrons. The fourth-order valence-electron chi connectivity index (χ4n) is 1.43. The minimum atomic E-state index is -0.112. The number of rotatable bonds is 5. The zero-order valence-corrected chi connectivity index (χ0v) is 10.8. The predicted octanol–water partition coefficient (Wildman–Crippen LogP) is 2.73. The summed E-state index contributed by atoms with van der Waals surface area (Å²) in [6.45, 7) is 5.77. The summed E-state index contributed by atoms with van der Waals surface area (Å²) in [5, 5.41) is 4.50. The molecule has 0 radical (unpaired) electrons. The molecule has 1 unspecified atom stereocenters. The van der Waals surface area contributed by atoms with E-state index in [0.29, 0.717) is 17.1 Å². The van der Waals surface area contributed by atoms with Crippen molar-refractivity contribution in [3.63, 3.8) is 0 Å². The molecule has 16 heavy (non-hydrogen) atoms. The quantitative estimate of drug-likeness (QED) is 0.748. The fraction of sp³-hybridized carbons (Fsp3) is 0.636. The zero-order chi connectivity index (χ0) is 12.3. The van der Waals surface area contributed by atoms with E-state index in [1.807, 2.05) is 20.8 Å². The normalized spacial score (nSPS) is 13.1. The van der Waals surface area contributed by atoms with Gasteiger partial charge in [-0.1, -0.05) is 11.6 Å². The third kappa shape index (κ3) is 2.83. The molecular weight excluding hydrogens is 228 g/mol. The van der Waals surface area contributed by atoms with Crippen LogP contribution in [-0.4, -0.2) is 28.8 Å². The number of ketones is 1. The van der Waals surface area contributed by atoms with Gasteiger partial charge in [0, 0.05) is 19.6 Å². The molecule has 0 amide bonds. The predicted molar refractivity (Wildman–Crippen MR) is 63.0 cm³/mol. The first-order valence-corrected chi connectivity index (χ1v) is 5.64. The Labute approximate surface area is 101 Å². The molecule has 4 nitrogen and oxygen atoms in total. The van der Waals surface area contributed by atoms with Crippen molar-refractivity contribution in [2.75, 3.05) is 7.11 Å². The lowest BCUT2D eigenvalue weighted by Crippen LogP contribution is -2.18. The molecule has 1 heterocycles. The SMILES string of the molecule is COC(C)CC(=O)c1c(Cl)cnn1C(C)C. The van der Waals surface area contributed by atoms with E-state index in [1.165, 1.54) is 6.20 Å². The minimum absolute atomic E-state index is 0.0365. The van der Waals surface area contributed by atoms with Crippen molar-refractivity contribution >= 4 is 17.4 Å². The summed E-state index contributed by atoms with van der Waals surface area (Å²) in [5.74, 6) is -0.0365. The van der Waals surface area contributed by atoms with Crippen LogP contribution >= 0.6 is 11.6 Å². The van der Waals surface area contributed by atoms with Gasteiger partial charge < -0.3 is 4.74 Å². The number of hydrogen-bond donors (Lipinski definition) is 0. The number of carbonyl (C=O) groups is 1. The summed E-state index contributed by atoms with van der Waals surface area (Å²) in [6, 6.07) is 0.115. The molecule has 5 heteroatoms. The number of aromatic nitrogens is 2. The van der Waals surface area contributed by atoms with Crippen LogP contribution in [0.3, 0.4) is 0 Å². The molecule has 1 aromatic rings. The molecule has 0 fully saturated rings. The van der Waals surface area contributed by atoms with Gasteiger partial charge in [-0.3, -0.25) is 9.48 Å². The van der Waals surface area contributed by atoms with Gasteiger partial charge in [0.05, 0.1) is 17.3 Å². The Kier molecular flexibility index (Phi) is 4.50. The Morgan fingerprint density at radius 3 is 2.69 bits per heavy atom. The molecule has 0 bridgehead atoms. The Morgan fingerprint density at radius 2 is 2.19 bits per heavy atom. The van der Waals surface area contributed by atoms with E-state index in [1.54, 1.807) is 11.8 Å². The van der Waals surface area contributed by atoms with E-state index in [4.69, 9.17) is 16.3 Å². The zero-order valence-electron chi connectivity index (χ0n) is 10.0. The number of nitrogens with zero attached hydrogens (tertiary/aromatic N) is 2. The van der Waals surface area contributed by atoms with Crippen molar-refractivity contribution in [1.29, 1.82) is 0 Å². The highest BCUT2D eigenvalue weighted by molar-refractivity contribution is 6.33. The second-order valence-electron chi connectivity index (χ2n) is 4.05. The molecule has 1 atom stereocenters. The van der Waals surface area contributed by atoms with Gasteiger partial charge in [0.2, 0.25) is 0 Å². The average Bonchev–Trinajstić information content (AvgIpc) is 2.59. The van der Waals surface area contributed by atoms with Crippen LogP contribution in [0.5, 0.6) is 0 Å². The van der Waals surface area contributed by atoms with E-state index in [-0.39, 0.29) is 17.9 Å². The molecule has 0 saturated heterocycles. The van der Waals surface area contributed by atoms with Gasteiger partial charge >= 0.3 is 0 Å². The summed E-state index contributed by atoms with van der Waals surface area (Å²) in [5.41, 5.74) is 0.473. The van der Waals surface area contributed by atoms with Gasteiger partial charge in [-0.15, -0.1) is 0 Å². The molecule has 0 spiro atoms. The minimum Gasteiger partial charge on any atom is -0.381 e. The van der Waals surface area contributed by atoms with E-state index in [9.17, 15) is 4.79 Å². The van der Waals surface area contributed by atoms with Crippen molar-refractivity contribution in [3.05, 3.63) is 16.9 Å². The van der Waals surface area contributed by atoms with Crippen LogP contribution in [0.4, 0.5) is 0 Å². The van der Waals surface area contributed by atoms with Gasteiger partial charge in [-0.25, -0.2) is 0 Å². The first kappa shape index (κ1) is 13.2. The van der Waals surface area contributed by atoms with Gasteiger partial charge in [-0.05, 0) is 20.8 Å². The molecule has 0 N–H and O–H groups in total. The molecule has 0 aliphatic carbocycles. The largest absolute Gasteiger partial charge is 0.381 e. The van der Waals surface area contributed by atoms with Gasteiger partial charge in [0.1, 0.15) is 5.69 Å². The van der Waals surface area contributed by atoms with Crippen LogP contribution in [0.15, 0.2) is 6.20 Å². The second kappa shape index (κ2) is 5.46. The lowest BCUT2D eigenvalue weighted by Gasteiger charge is -2.12. The first-order valence-electron chi connectivity index (χ1n) is 5.26. The third-order valence-electron chi connectivity index (χ3n) is 2.38. The Hall–Kier alpha value is -0.870. The van der Waals surface area contributed by atoms with Crippen LogP contribution in [0.2, 0.25) is 5.02 Å². The highest BCUT2D eigenvalue weighted by Crippen LogP contribution is 2.21. The van der Waals surface area contributed by atoms with Crippen molar-refractivity contribution in [2.45, 2.75) is 39.3 Å². The Balaban J connectivity index is 2.94. The average molecular weight is 245 g/mol. The van der Waals surface area contributed by atoms with Gasteiger partial charge in [-0.2, -0.15) is 5.10 Å². The summed E-state index contributed by atoms with van der Waals surface area (Å²) in [7, 11) is 1.58. The highest BCUT2D eigenvalue weighted by atomic mass is 35.5. The Morgan fingerprint density at radius 1 is 1.56 bits per heavy atom. The smallest absolute Gasteiger partial charge is 0.184 e. The second-order valence-corrected chi connectivity index (χ2v) is 4.46. The van der Waals surface area contributed by atoms with Crippen LogP contribution in [-0.2, 0) is 4.74 Å². The molecule has 0 saturated carbocycles. The van der Waals surface area contributed by atoms with Gasteiger partial charge in [0.15, 0.2) is 5.78 Å². The van der Waals surface area contributed by atoms with E-state index in [0.717, 1.165) is 0 Å². The molecular formula is C11H17ClN2O2. The monoisotopic (exact) mass is 244 g/mol. The summed E-state index contributed by atoms with van der Waals surface area (Å²) >= 11 is 5.97. The summed E-state index contributed by atoms with van der Waals surface area (Å²) in [6.07, 6.45) is 1.71. The fourth-order valence-corrected chi connectivity index (χ4v) is 1.67. The molecule has 1 aromatic heterocycles. The van der Waals surface area contributed by atoms with Crippen molar-refractivity contribution < 1.29 is 9.53 Å². The maximum atomic E-state index is 12.0. The maximum absolute atomic E-state index is 12.0. The molecule has 1 rings (SSSR count). The Bertz CT molecular complexity index is 374. The number of Topliss-reactive ketones (excluding diaryl/α,β-unsaturated/α-hetero) is 1. The van der Waals surface area contributed by atoms with E-state index in [2.05, 4.69) is 5.10 Å². The number of ether oxygens (including phenoxy) is 1. The van der Waals surface area contributed by atoms with Crippen molar-refractivity contribution in [3.8, 4) is 0 Å². The highest BCUT2D eigenvalue weighted by Gasteiger charge is 2.20. The molecule has 0 aliphatic rings.